The molecule has 0 heterocycles. The Bertz CT molecular complexity index is 993. The van der Waals surface area contributed by atoms with E-state index in [1.54, 1.807) is 0 Å². The van der Waals surface area contributed by atoms with E-state index < -0.39 is 12.1 Å². The molecule has 6 heteroatoms. The standard InChI is InChI=1S/C55H103NO5/c1-3-5-7-9-11-13-15-17-18-21-25-29-33-37-41-45-49-55(60)61-50-46-42-38-34-30-26-22-19-20-24-28-32-36-40-44-48-54(59)56-52(51-57)53(58)47-43-39-35-31-27-23-16-14-12-10-8-6-4-2/h13,15,18,21-22,26,52-53,57-58H,3-12,14,16-17,19-20,23-25,27-51H2,1-2H3,(H,56,59)/b15-13-,21-18-,26-22-. The zero-order valence-corrected chi connectivity index (χ0v) is 40.6. The number of rotatable bonds is 49. The van der Waals surface area contributed by atoms with Crippen molar-refractivity contribution in [2.75, 3.05) is 13.2 Å². The molecule has 0 rings (SSSR count). The molecule has 6 nitrogen and oxygen atoms in total. The molecule has 0 bridgehead atoms. The number of hydrogen-bond acceptors (Lipinski definition) is 5. The number of amides is 1. The van der Waals surface area contributed by atoms with Gasteiger partial charge in [0, 0.05) is 12.8 Å². The van der Waals surface area contributed by atoms with Crippen LogP contribution in [0.3, 0.4) is 0 Å². The Balaban J connectivity index is 3.48. The average molecular weight is 858 g/mol. The van der Waals surface area contributed by atoms with Crippen LogP contribution >= 0.6 is 0 Å². The van der Waals surface area contributed by atoms with Gasteiger partial charge in [-0.25, -0.2) is 0 Å². The normalized spacial score (nSPS) is 12.9. The van der Waals surface area contributed by atoms with Crippen LogP contribution in [0, 0.1) is 0 Å². The lowest BCUT2D eigenvalue weighted by molar-refractivity contribution is -0.143. The second-order valence-corrected chi connectivity index (χ2v) is 18.2. The van der Waals surface area contributed by atoms with Gasteiger partial charge in [0.15, 0.2) is 0 Å². The molecule has 0 aliphatic rings. The SMILES string of the molecule is CCCCCC/C=C\C/C=C\CCCCCCCC(=O)OCCCCCC/C=C\CCCCCCCCCC(=O)NC(CO)C(O)CCCCCCCCCCCCCCC. The predicted octanol–water partition coefficient (Wildman–Crippen LogP) is 16.1. The second-order valence-electron chi connectivity index (χ2n) is 18.2. The summed E-state index contributed by atoms with van der Waals surface area (Å²) < 4.78 is 5.45. The van der Waals surface area contributed by atoms with Gasteiger partial charge in [-0.2, -0.15) is 0 Å². The molecule has 61 heavy (non-hydrogen) atoms. The number of hydrogen-bond donors (Lipinski definition) is 3. The van der Waals surface area contributed by atoms with Crippen molar-refractivity contribution in [3.63, 3.8) is 0 Å². The van der Waals surface area contributed by atoms with Crippen LogP contribution in [0.4, 0.5) is 0 Å². The first-order valence-electron chi connectivity index (χ1n) is 26.7. The van der Waals surface area contributed by atoms with Crippen LogP contribution in [0.15, 0.2) is 36.5 Å². The van der Waals surface area contributed by atoms with Gasteiger partial charge in [0.05, 0.1) is 25.4 Å². The molecule has 0 aliphatic carbocycles. The van der Waals surface area contributed by atoms with Crippen molar-refractivity contribution in [2.24, 2.45) is 0 Å². The van der Waals surface area contributed by atoms with Crippen molar-refractivity contribution in [3.8, 4) is 0 Å². The number of nitrogens with one attached hydrogen (secondary N) is 1. The summed E-state index contributed by atoms with van der Waals surface area (Å²) in [7, 11) is 0. The number of carbonyl (C=O) groups excluding carboxylic acids is 2. The van der Waals surface area contributed by atoms with Crippen molar-refractivity contribution in [1.82, 2.24) is 5.32 Å². The van der Waals surface area contributed by atoms with Crippen molar-refractivity contribution < 1.29 is 24.5 Å². The van der Waals surface area contributed by atoms with Crippen molar-refractivity contribution in [3.05, 3.63) is 36.5 Å². The molecule has 0 saturated carbocycles. The van der Waals surface area contributed by atoms with E-state index in [2.05, 4.69) is 55.6 Å². The summed E-state index contributed by atoms with van der Waals surface area (Å²) in [5.41, 5.74) is 0. The molecule has 3 N–H and O–H groups in total. The summed E-state index contributed by atoms with van der Waals surface area (Å²) in [5.74, 6) is -0.0754. The van der Waals surface area contributed by atoms with Crippen molar-refractivity contribution >= 4 is 11.9 Å². The molecule has 0 fully saturated rings. The van der Waals surface area contributed by atoms with E-state index in [-0.39, 0.29) is 18.5 Å². The number of carbonyl (C=O) groups is 2. The van der Waals surface area contributed by atoms with Crippen molar-refractivity contribution in [1.29, 1.82) is 0 Å². The molecular weight excluding hydrogens is 755 g/mol. The van der Waals surface area contributed by atoms with Gasteiger partial charge in [-0.05, 0) is 83.5 Å². The largest absolute Gasteiger partial charge is 0.466 e. The average Bonchev–Trinajstić information content (AvgIpc) is 3.26. The van der Waals surface area contributed by atoms with E-state index in [1.807, 2.05) is 0 Å². The van der Waals surface area contributed by atoms with Gasteiger partial charge in [-0.15, -0.1) is 0 Å². The minimum absolute atomic E-state index is 0.0239. The van der Waals surface area contributed by atoms with Crippen LogP contribution in [0.2, 0.25) is 0 Å². The first-order chi connectivity index (χ1) is 30.0. The summed E-state index contributed by atoms with van der Waals surface area (Å²) in [4.78, 5) is 24.5. The summed E-state index contributed by atoms with van der Waals surface area (Å²) in [6, 6.07) is -0.553. The summed E-state index contributed by atoms with van der Waals surface area (Å²) >= 11 is 0. The van der Waals surface area contributed by atoms with Crippen LogP contribution in [0.25, 0.3) is 0 Å². The van der Waals surface area contributed by atoms with E-state index in [0.29, 0.717) is 25.9 Å². The zero-order chi connectivity index (χ0) is 44.4. The third-order valence-corrected chi connectivity index (χ3v) is 12.2. The smallest absolute Gasteiger partial charge is 0.305 e. The maximum atomic E-state index is 12.4. The lowest BCUT2D eigenvalue weighted by Crippen LogP contribution is -2.45. The molecule has 0 aliphatic heterocycles. The fourth-order valence-electron chi connectivity index (χ4n) is 8.02. The van der Waals surface area contributed by atoms with Crippen LogP contribution in [-0.4, -0.2) is 47.4 Å². The molecule has 1 amide bonds. The highest BCUT2D eigenvalue weighted by Gasteiger charge is 2.20. The maximum absolute atomic E-state index is 12.4. The molecule has 0 aromatic heterocycles. The summed E-state index contributed by atoms with van der Waals surface area (Å²) in [6.45, 7) is 4.89. The molecule has 2 atom stereocenters. The van der Waals surface area contributed by atoms with Crippen molar-refractivity contribution in [2.45, 2.75) is 289 Å². The topological polar surface area (TPSA) is 95.9 Å². The molecule has 0 aromatic carbocycles. The highest BCUT2D eigenvalue weighted by atomic mass is 16.5. The minimum atomic E-state index is -0.674. The fraction of sp³-hybridized carbons (Fsp3) is 0.855. The first kappa shape index (κ1) is 59.1. The highest BCUT2D eigenvalue weighted by Crippen LogP contribution is 2.16. The fourth-order valence-corrected chi connectivity index (χ4v) is 8.02. The predicted molar refractivity (Wildman–Crippen MR) is 264 cm³/mol. The number of esters is 1. The third-order valence-electron chi connectivity index (χ3n) is 12.2. The lowest BCUT2D eigenvalue weighted by Gasteiger charge is -2.22. The van der Waals surface area contributed by atoms with E-state index >= 15 is 0 Å². The van der Waals surface area contributed by atoms with Gasteiger partial charge in [0.25, 0.3) is 0 Å². The molecule has 2 unspecified atom stereocenters. The third kappa shape index (κ3) is 47.4. The highest BCUT2D eigenvalue weighted by molar-refractivity contribution is 5.76. The quantitative estimate of drug-likeness (QED) is 0.0322. The zero-order valence-electron chi connectivity index (χ0n) is 40.6. The van der Waals surface area contributed by atoms with E-state index in [9.17, 15) is 19.8 Å². The Morgan fingerprint density at radius 1 is 0.459 bits per heavy atom. The van der Waals surface area contributed by atoms with Gasteiger partial charge in [0.1, 0.15) is 0 Å². The maximum Gasteiger partial charge on any atom is 0.305 e. The van der Waals surface area contributed by atoms with Crippen LogP contribution < -0.4 is 5.32 Å². The van der Waals surface area contributed by atoms with Gasteiger partial charge < -0.3 is 20.3 Å². The summed E-state index contributed by atoms with van der Waals surface area (Å²) in [6.07, 6.45) is 61.1. The number of unbranched alkanes of at least 4 members (excludes halogenated alkanes) is 32. The number of aliphatic hydroxyl groups is 2. The minimum Gasteiger partial charge on any atom is -0.466 e. The Labute approximate surface area is 379 Å². The molecule has 0 saturated heterocycles. The van der Waals surface area contributed by atoms with Crippen LogP contribution in [0.1, 0.15) is 277 Å². The number of aliphatic hydroxyl groups excluding tert-OH is 2. The molecule has 358 valence electrons. The molecule has 0 aromatic rings. The van der Waals surface area contributed by atoms with Gasteiger partial charge in [0.2, 0.25) is 5.91 Å². The number of ether oxygens (including phenoxy) is 1. The van der Waals surface area contributed by atoms with Crippen LogP contribution in [0.5, 0.6) is 0 Å². The van der Waals surface area contributed by atoms with E-state index in [1.165, 1.54) is 167 Å². The van der Waals surface area contributed by atoms with E-state index in [0.717, 1.165) is 77.0 Å². The molecule has 0 radical (unpaired) electrons. The molecule has 0 spiro atoms. The second kappa shape index (κ2) is 50.7. The van der Waals surface area contributed by atoms with E-state index in [4.69, 9.17) is 4.74 Å². The lowest BCUT2D eigenvalue weighted by atomic mass is 10.0. The monoisotopic (exact) mass is 858 g/mol. The summed E-state index contributed by atoms with van der Waals surface area (Å²) in [5, 5.41) is 23.2. The number of allylic oxidation sites excluding steroid dienone is 6. The Morgan fingerprint density at radius 3 is 1.28 bits per heavy atom. The Kier molecular flexibility index (Phi) is 49.1. The molecular formula is C55H103NO5. The van der Waals surface area contributed by atoms with Gasteiger partial charge in [-0.1, -0.05) is 217 Å². The van der Waals surface area contributed by atoms with Gasteiger partial charge >= 0.3 is 5.97 Å². The Hall–Kier alpha value is -1.92. The first-order valence-corrected chi connectivity index (χ1v) is 26.7. The van der Waals surface area contributed by atoms with Gasteiger partial charge in [-0.3, -0.25) is 9.59 Å². The van der Waals surface area contributed by atoms with Crippen LogP contribution in [-0.2, 0) is 14.3 Å². The Morgan fingerprint density at radius 2 is 0.820 bits per heavy atom.